The minimum Gasteiger partial charge on any atom is -0.481 e. The molecule has 0 aromatic heterocycles. The van der Waals surface area contributed by atoms with Gasteiger partial charge in [-0.05, 0) is 0 Å². The molecule has 0 aliphatic heterocycles. The molecule has 0 rings (SSSR count). The van der Waals surface area contributed by atoms with Gasteiger partial charge in [0.2, 0.25) is 5.79 Å². The Morgan fingerprint density at radius 2 is 2.15 bits per heavy atom. The molecule has 0 aromatic carbocycles. The molecule has 7 heteroatoms. The fourth-order valence-electron chi connectivity index (χ4n) is 0.664. The summed E-state index contributed by atoms with van der Waals surface area (Å²) in [5.74, 6) is -3.52. The van der Waals surface area contributed by atoms with Gasteiger partial charge in [0.05, 0.1) is 0 Å². The lowest BCUT2D eigenvalue weighted by Crippen LogP contribution is -2.40. The van der Waals surface area contributed by atoms with Crippen LogP contribution in [0, 0.1) is 0 Å². The summed E-state index contributed by atoms with van der Waals surface area (Å²) in [4.78, 5) is 19.9. The van der Waals surface area contributed by atoms with E-state index in [1.807, 2.05) is 0 Å². The zero-order chi connectivity index (χ0) is 10.3. The topological polar surface area (TPSA) is 113 Å². The number of hydrogen-bond acceptors (Lipinski definition) is 6. The van der Waals surface area contributed by atoms with E-state index >= 15 is 0 Å². The van der Waals surface area contributed by atoms with E-state index in [-0.39, 0.29) is 6.47 Å². The Labute approximate surface area is 73.5 Å². The molecule has 0 radical (unpaired) electrons. The highest BCUT2D eigenvalue weighted by Gasteiger charge is 2.32. The average molecular weight is 194 g/mol. The number of carboxylic acids is 1. The molecule has 0 saturated carbocycles. The number of aliphatic carboxylic acids is 1. The molecule has 1 unspecified atom stereocenters. The Hall–Kier alpha value is -1.18. The van der Waals surface area contributed by atoms with Crippen molar-refractivity contribution in [1.29, 1.82) is 0 Å². The number of rotatable bonds is 7. The Balaban J connectivity index is 4.14. The quantitative estimate of drug-likeness (QED) is 0.326. The number of ether oxygens (including phenoxy) is 2. The van der Waals surface area contributed by atoms with Gasteiger partial charge in [0, 0.05) is 0 Å². The monoisotopic (exact) mass is 194 g/mol. The third kappa shape index (κ3) is 5.12. The molecular formula is C6H10O7. The first-order chi connectivity index (χ1) is 6.04. The molecule has 76 valence electrons. The van der Waals surface area contributed by atoms with Crippen LogP contribution >= 0.6 is 0 Å². The molecule has 0 spiro atoms. The first kappa shape index (κ1) is 11.8. The molecule has 0 fully saturated rings. The van der Waals surface area contributed by atoms with E-state index in [1.165, 1.54) is 0 Å². The van der Waals surface area contributed by atoms with Crippen LogP contribution in [0.15, 0.2) is 0 Å². The molecule has 0 aliphatic rings. The number of carbonyl (C=O) groups is 2. The lowest BCUT2D eigenvalue weighted by molar-refractivity contribution is -0.258. The number of aliphatic hydroxyl groups is 2. The van der Waals surface area contributed by atoms with Crippen LogP contribution < -0.4 is 0 Å². The number of carbonyl (C=O) groups excluding carboxylic acids is 1. The van der Waals surface area contributed by atoms with Crippen LogP contribution in [0.4, 0.5) is 0 Å². The van der Waals surface area contributed by atoms with Crippen molar-refractivity contribution in [2.45, 2.75) is 12.2 Å². The van der Waals surface area contributed by atoms with Gasteiger partial charge in [0.25, 0.3) is 6.47 Å². The molecule has 3 N–H and O–H groups in total. The normalized spacial score (nSPS) is 14.6. The Bertz CT molecular complexity index is 180. The van der Waals surface area contributed by atoms with Gasteiger partial charge >= 0.3 is 5.97 Å². The van der Waals surface area contributed by atoms with Crippen LogP contribution in [0.2, 0.25) is 0 Å². The van der Waals surface area contributed by atoms with Crippen LogP contribution in [0.3, 0.4) is 0 Å². The van der Waals surface area contributed by atoms with Crippen molar-refractivity contribution in [1.82, 2.24) is 0 Å². The summed E-state index contributed by atoms with van der Waals surface area (Å²) in [5, 5.41) is 25.9. The summed E-state index contributed by atoms with van der Waals surface area (Å²) in [5.41, 5.74) is 0. The molecular weight excluding hydrogens is 184 g/mol. The highest BCUT2D eigenvalue weighted by molar-refractivity contribution is 5.67. The Kier molecular flexibility index (Phi) is 4.97. The van der Waals surface area contributed by atoms with Crippen molar-refractivity contribution in [3.05, 3.63) is 0 Å². The number of hydrogen-bond donors (Lipinski definition) is 3. The zero-order valence-corrected chi connectivity index (χ0v) is 6.67. The summed E-state index contributed by atoms with van der Waals surface area (Å²) in [6, 6.07) is 0. The Morgan fingerprint density at radius 3 is 2.54 bits per heavy atom. The van der Waals surface area contributed by atoms with E-state index in [2.05, 4.69) is 9.47 Å². The van der Waals surface area contributed by atoms with Crippen LogP contribution in [-0.2, 0) is 19.1 Å². The molecule has 13 heavy (non-hydrogen) atoms. The SMILES string of the molecule is O=COCC(O)(CC(=O)O)OCO. The van der Waals surface area contributed by atoms with Crippen LogP contribution in [0.25, 0.3) is 0 Å². The summed E-state index contributed by atoms with van der Waals surface area (Å²) in [7, 11) is 0. The Morgan fingerprint density at radius 1 is 1.54 bits per heavy atom. The second-order valence-electron chi connectivity index (χ2n) is 2.20. The first-order valence-electron chi connectivity index (χ1n) is 3.28. The largest absolute Gasteiger partial charge is 0.481 e. The average Bonchev–Trinajstić information content (AvgIpc) is 2.00. The minimum absolute atomic E-state index is 0.0353. The van der Waals surface area contributed by atoms with E-state index in [4.69, 9.17) is 10.2 Å². The van der Waals surface area contributed by atoms with Gasteiger partial charge in [-0.25, -0.2) is 0 Å². The summed E-state index contributed by atoms with van der Waals surface area (Å²) in [6.07, 6.45) is -0.790. The smallest absolute Gasteiger partial charge is 0.308 e. The van der Waals surface area contributed by atoms with E-state index < -0.39 is 31.6 Å². The van der Waals surface area contributed by atoms with Crippen molar-refractivity contribution in [2.75, 3.05) is 13.4 Å². The fourth-order valence-corrected chi connectivity index (χ4v) is 0.664. The zero-order valence-electron chi connectivity index (χ0n) is 6.67. The summed E-state index contributed by atoms with van der Waals surface area (Å²) < 4.78 is 8.41. The van der Waals surface area contributed by atoms with E-state index in [1.54, 1.807) is 0 Å². The standard InChI is InChI=1S/C6H10O7/c7-3-12-2-6(11,13-4-8)1-5(9)10/h3,8,11H,1-2,4H2,(H,9,10). The third-order valence-corrected chi connectivity index (χ3v) is 1.14. The molecule has 7 nitrogen and oxygen atoms in total. The van der Waals surface area contributed by atoms with Crippen molar-refractivity contribution in [3.8, 4) is 0 Å². The van der Waals surface area contributed by atoms with Gasteiger partial charge in [-0.15, -0.1) is 0 Å². The van der Waals surface area contributed by atoms with E-state index in [0.29, 0.717) is 0 Å². The summed E-state index contributed by atoms with van der Waals surface area (Å²) >= 11 is 0. The van der Waals surface area contributed by atoms with Crippen molar-refractivity contribution in [2.24, 2.45) is 0 Å². The molecule has 0 saturated heterocycles. The molecule has 1 atom stereocenters. The van der Waals surface area contributed by atoms with Crippen LogP contribution in [-0.4, -0.2) is 46.9 Å². The second kappa shape index (κ2) is 5.46. The maximum absolute atomic E-state index is 10.2. The number of aliphatic hydroxyl groups excluding tert-OH is 1. The predicted octanol–water partition coefficient (Wildman–Crippen LogP) is -1.71. The third-order valence-electron chi connectivity index (χ3n) is 1.14. The first-order valence-corrected chi connectivity index (χ1v) is 3.28. The fraction of sp³-hybridized carbons (Fsp3) is 0.667. The van der Waals surface area contributed by atoms with Crippen molar-refractivity contribution >= 4 is 12.4 Å². The van der Waals surface area contributed by atoms with Gasteiger partial charge in [0.15, 0.2) is 0 Å². The maximum Gasteiger partial charge on any atom is 0.308 e. The van der Waals surface area contributed by atoms with Gasteiger partial charge in [-0.3, -0.25) is 9.59 Å². The van der Waals surface area contributed by atoms with Crippen LogP contribution in [0.5, 0.6) is 0 Å². The molecule has 0 heterocycles. The lowest BCUT2D eigenvalue weighted by Gasteiger charge is -2.23. The number of carboxylic acid groups (broad SMARTS) is 1. The molecule has 0 aliphatic carbocycles. The predicted molar refractivity (Wildman–Crippen MR) is 37.4 cm³/mol. The van der Waals surface area contributed by atoms with Gasteiger partial charge in [-0.1, -0.05) is 0 Å². The molecule has 0 bridgehead atoms. The molecule has 0 aromatic rings. The lowest BCUT2D eigenvalue weighted by atomic mass is 10.2. The van der Waals surface area contributed by atoms with Crippen molar-refractivity contribution < 1.29 is 34.4 Å². The molecule has 0 amide bonds. The van der Waals surface area contributed by atoms with Gasteiger partial charge in [-0.2, -0.15) is 0 Å². The summed E-state index contributed by atoms with van der Waals surface area (Å²) in [6.45, 7) is -1.48. The van der Waals surface area contributed by atoms with Gasteiger partial charge in [0.1, 0.15) is 19.8 Å². The maximum atomic E-state index is 10.2. The van der Waals surface area contributed by atoms with Crippen LogP contribution in [0.1, 0.15) is 6.42 Å². The van der Waals surface area contributed by atoms with E-state index in [0.717, 1.165) is 0 Å². The van der Waals surface area contributed by atoms with Gasteiger partial charge < -0.3 is 24.8 Å². The second-order valence-corrected chi connectivity index (χ2v) is 2.20. The highest BCUT2D eigenvalue weighted by Crippen LogP contribution is 2.12. The van der Waals surface area contributed by atoms with Crippen molar-refractivity contribution in [3.63, 3.8) is 0 Å². The highest BCUT2D eigenvalue weighted by atomic mass is 16.7. The minimum atomic E-state index is -2.18. The van der Waals surface area contributed by atoms with E-state index in [9.17, 15) is 14.7 Å².